The molecular weight excluding hydrogens is 216 g/mol. The van der Waals surface area contributed by atoms with Gasteiger partial charge >= 0.3 is 0 Å². The second-order valence-electron chi connectivity index (χ2n) is 4.90. The molecule has 94 valence electrons. The van der Waals surface area contributed by atoms with E-state index < -0.39 is 0 Å². The van der Waals surface area contributed by atoms with E-state index in [9.17, 15) is 0 Å². The Labute approximate surface area is 106 Å². The van der Waals surface area contributed by atoms with Crippen molar-refractivity contribution in [1.29, 1.82) is 0 Å². The molecular formula is C13H26N2S. The van der Waals surface area contributed by atoms with Crippen molar-refractivity contribution in [3.05, 3.63) is 0 Å². The average molecular weight is 242 g/mol. The number of rotatable bonds is 7. The van der Waals surface area contributed by atoms with Crippen LogP contribution in [0.4, 0.5) is 0 Å². The van der Waals surface area contributed by atoms with Gasteiger partial charge in [-0.3, -0.25) is 0 Å². The molecule has 1 heterocycles. The van der Waals surface area contributed by atoms with Gasteiger partial charge in [-0.2, -0.15) is 0 Å². The van der Waals surface area contributed by atoms with Crippen molar-refractivity contribution in [3.63, 3.8) is 0 Å². The van der Waals surface area contributed by atoms with E-state index in [4.69, 9.17) is 18.0 Å². The third kappa shape index (κ3) is 5.26. The Kier molecular flexibility index (Phi) is 6.97. The largest absolute Gasteiger partial charge is 0.393 e. The van der Waals surface area contributed by atoms with Gasteiger partial charge in [0.05, 0.1) is 4.99 Å². The zero-order valence-electron chi connectivity index (χ0n) is 10.6. The Bertz CT molecular complexity index is 204. The van der Waals surface area contributed by atoms with Crippen molar-refractivity contribution in [2.45, 2.75) is 64.3 Å². The first-order valence-corrected chi connectivity index (χ1v) is 7.17. The lowest BCUT2D eigenvalue weighted by Gasteiger charge is -2.35. The Morgan fingerprint density at radius 2 is 2.19 bits per heavy atom. The van der Waals surface area contributed by atoms with Crippen LogP contribution in [0.1, 0.15) is 58.3 Å². The summed E-state index contributed by atoms with van der Waals surface area (Å²) in [6, 6.07) is 0.851. The van der Waals surface area contributed by atoms with Gasteiger partial charge < -0.3 is 10.6 Å². The van der Waals surface area contributed by atoms with E-state index in [-0.39, 0.29) is 0 Å². The van der Waals surface area contributed by atoms with Crippen molar-refractivity contribution in [2.75, 3.05) is 13.1 Å². The Morgan fingerprint density at radius 1 is 1.38 bits per heavy atom. The Balaban J connectivity index is 2.18. The fourth-order valence-corrected chi connectivity index (χ4v) is 2.77. The Morgan fingerprint density at radius 3 is 2.88 bits per heavy atom. The molecule has 16 heavy (non-hydrogen) atoms. The van der Waals surface area contributed by atoms with Crippen molar-refractivity contribution in [3.8, 4) is 0 Å². The molecule has 1 rings (SSSR count). The van der Waals surface area contributed by atoms with Gasteiger partial charge in [0.25, 0.3) is 0 Å². The van der Waals surface area contributed by atoms with E-state index in [1.807, 2.05) is 0 Å². The third-order valence-electron chi connectivity index (χ3n) is 3.49. The van der Waals surface area contributed by atoms with Gasteiger partial charge in [0.1, 0.15) is 0 Å². The van der Waals surface area contributed by atoms with Gasteiger partial charge in [-0.25, -0.2) is 0 Å². The molecule has 0 amide bonds. The molecule has 1 aliphatic heterocycles. The summed E-state index contributed by atoms with van der Waals surface area (Å²) >= 11 is 4.89. The predicted octanol–water partition coefficient (Wildman–Crippen LogP) is 3.10. The standard InChI is InChI=1S/C13H26N2S/c1-2-7-12-8-3-5-10-15(12)11-6-4-9-13(14)16/h12H,2-11H2,1H3,(H2,14,16). The van der Waals surface area contributed by atoms with Crippen LogP contribution in [0.2, 0.25) is 0 Å². The summed E-state index contributed by atoms with van der Waals surface area (Å²) in [7, 11) is 0. The van der Waals surface area contributed by atoms with Gasteiger partial charge in [-0.1, -0.05) is 32.0 Å². The summed E-state index contributed by atoms with van der Waals surface area (Å²) < 4.78 is 0. The van der Waals surface area contributed by atoms with Gasteiger partial charge in [0.2, 0.25) is 0 Å². The van der Waals surface area contributed by atoms with E-state index in [0.717, 1.165) is 18.9 Å². The Hall–Kier alpha value is -0.150. The van der Waals surface area contributed by atoms with Crippen LogP contribution in [-0.4, -0.2) is 29.0 Å². The highest BCUT2D eigenvalue weighted by molar-refractivity contribution is 7.80. The average Bonchev–Trinajstić information content (AvgIpc) is 2.26. The van der Waals surface area contributed by atoms with E-state index in [0.29, 0.717) is 4.99 Å². The highest BCUT2D eigenvalue weighted by Crippen LogP contribution is 2.21. The summed E-state index contributed by atoms with van der Waals surface area (Å²) in [6.45, 7) is 4.84. The fraction of sp³-hybridized carbons (Fsp3) is 0.923. The van der Waals surface area contributed by atoms with E-state index in [2.05, 4.69) is 11.8 Å². The highest BCUT2D eigenvalue weighted by atomic mass is 32.1. The minimum absolute atomic E-state index is 0.670. The smallest absolute Gasteiger partial charge is 0.0727 e. The molecule has 0 saturated carbocycles. The molecule has 0 aromatic rings. The van der Waals surface area contributed by atoms with Crippen LogP contribution in [0.5, 0.6) is 0 Å². The summed E-state index contributed by atoms with van der Waals surface area (Å²) in [6.07, 6.45) is 10.2. The number of piperidine rings is 1. The summed E-state index contributed by atoms with van der Waals surface area (Å²) in [5.74, 6) is 0. The molecule has 0 spiro atoms. The number of nitrogens with two attached hydrogens (primary N) is 1. The highest BCUT2D eigenvalue weighted by Gasteiger charge is 2.20. The second kappa shape index (κ2) is 8.02. The van der Waals surface area contributed by atoms with Gasteiger partial charge in [-0.15, -0.1) is 0 Å². The van der Waals surface area contributed by atoms with Crippen molar-refractivity contribution < 1.29 is 0 Å². The van der Waals surface area contributed by atoms with Crippen LogP contribution in [0.15, 0.2) is 0 Å². The van der Waals surface area contributed by atoms with E-state index in [1.165, 1.54) is 51.6 Å². The van der Waals surface area contributed by atoms with Gasteiger partial charge in [0, 0.05) is 6.04 Å². The van der Waals surface area contributed by atoms with Crippen LogP contribution in [0.25, 0.3) is 0 Å². The summed E-state index contributed by atoms with van der Waals surface area (Å²) in [4.78, 5) is 3.36. The number of nitrogens with zero attached hydrogens (tertiary/aromatic N) is 1. The molecule has 1 saturated heterocycles. The van der Waals surface area contributed by atoms with Crippen LogP contribution in [-0.2, 0) is 0 Å². The minimum atomic E-state index is 0.670. The lowest BCUT2D eigenvalue weighted by atomic mass is 9.98. The fourth-order valence-electron chi connectivity index (χ4n) is 2.63. The number of likely N-dealkylation sites (tertiary alicyclic amines) is 1. The zero-order valence-corrected chi connectivity index (χ0v) is 11.4. The quantitative estimate of drug-likeness (QED) is 0.549. The molecule has 1 fully saturated rings. The molecule has 0 radical (unpaired) electrons. The van der Waals surface area contributed by atoms with Crippen LogP contribution >= 0.6 is 12.2 Å². The monoisotopic (exact) mass is 242 g/mol. The molecule has 2 N–H and O–H groups in total. The van der Waals surface area contributed by atoms with Crippen LogP contribution in [0, 0.1) is 0 Å². The molecule has 1 unspecified atom stereocenters. The molecule has 1 aliphatic rings. The maximum atomic E-state index is 5.50. The molecule has 2 nitrogen and oxygen atoms in total. The van der Waals surface area contributed by atoms with Crippen LogP contribution in [0.3, 0.4) is 0 Å². The molecule has 3 heteroatoms. The van der Waals surface area contributed by atoms with Gasteiger partial charge in [0.15, 0.2) is 0 Å². The predicted molar refractivity (Wildman–Crippen MR) is 74.8 cm³/mol. The number of hydrogen-bond acceptors (Lipinski definition) is 2. The summed E-state index contributed by atoms with van der Waals surface area (Å²) in [5, 5.41) is 0. The third-order valence-corrected chi connectivity index (χ3v) is 3.69. The first kappa shape index (κ1) is 13.9. The maximum absolute atomic E-state index is 5.50. The topological polar surface area (TPSA) is 29.3 Å². The minimum Gasteiger partial charge on any atom is -0.393 e. The SMILES string of the molecule is CCCC1CCCCN1CCCCC(N)=S. The first-order valence-electron chi connectivity index (χ1n) is 6.76. The first-order chi connectivity index (χ1) is 7.74. The zero-order chi connectivity index (χ0) is 11.8. The lowest BCUT2D eigenvalue weighted by Crippen LogP contribution is -2.39. The maximum Gasteiger partial charge on any atom is 0.0727 e. The normalized spacial score (nSPS) is 22.2. The molecule has 0 aliphatic carbocycles. The number of hydrogen-bond donors (Lipinski definition) is 1. The number of thiocarbonyl (C=S) groups is 1. The van der Waals surface area contributed by atoms with Crippen molar-refractivity contribution >= 4 is 17.2 Å². The van der Waals surface area contributed by atoms with Crippen molar-refractivity contribution in [2.24, 2.45) is 5.73 Å². The van der Waals surface area contributed by atoms with Crippen LogP contribution < -0.4 is 5.73 Å². The van der Waals surface area contributed by atoms with Gasteiger partial charge in [-0.05, 0) is 51.6 Å². The van der Waals surface area contributed by atoms with E-state index >= 15 is 0 Å². The summed E-state index contributed by atoms with van der Waals surface area (Å²) in [5.41, 5.74) is 5.50. The van der Waals surface area contributed by atoms with E-state index in [1.54, 1.807) is 0 Å². The molecule has 0 bridgehead atoms. The molecule has 0 aromatic carbocycles. The number of unbranched alkanes of at least 4 members (excludes halogenated alkanes) is 1. The lowest BCUT2D eigenvalue weighted by molar-refractivity contribution is 0.137. The molecule has 0 aromatic heterocycles. The second-order valence-corrected chi connectivity index (χ2v) is 5.42. The molecule has 1 atom stereocenters. The van der Waals surface area contributed by atoms with Crippen molar-refractivity contribution in [1.82, 2.24) is 4.90 Å².